The van der Waals surface area contributed by atoms with Crippen molar-refractivity contribution in [3.8, 4) is 0 Å². The van der Waals surface area contributed by atoms with Gasteiger partial charge >= 0.3 is 6.03 Å². The number of halogens is 1. The summed E-state index contributed by atoms with van der Waals surface area (Å²) in [5.41, 5.74) is 1.96. The zero-order chi connectivity index (χ0) is 18.6. The van der Waals surface area contributed by atoms with Gasteiger partial charge in [-0.1, -0.05) is 25.0 Å². The van der Waals surface area contributed by atoms with Crippen LogP contribution in [-0.2, 0) is 6.42 Å². The highest BCUT2D eigenvalue weighted by atomic mass is 19.1. The van der Waals surface area contributed by atoms with Crippen molar-refractivity contribution >= 4 is 22.9 Å². The molecule has 0 radical (unpaired) electrons. The third-order valence-corrected chi connectivity index (χ3v) is 4.97. The van der Waals surface area contributed by atoms with E-state index >= 15 is 0 Å². The van der Waals surface area contributed by atoms with E-state index in [-0.39, 0.29) is 5.69 Å². The molecule has 27 heavy (non-hydrogen) atoms. The Balaban J connectivity index is 1.43. The average Bonchev–Trinajstić information content (AvgIpc) is 3.30. The number of amides is 2. The number of anilines is 1. The first-order valence-corrected chi connectivity index (χ1v) is 9.33. The molecule has 0 saturated heterocycles. The third-order valence-electron chi connectivity index (χ3n) is 4.97. The van der Waals surface area contributed by atoms with E-state index in [2.05, 4.69) is 20.2 Å². The van der Waals surface area contributed by atoms with Gasteiger partial charge in [0.25, 0.3) is 0 Å². The number of fused-ring (bicyclic) bond motifs is 1. The first-order valence-electron chi connectivity index (χ1n) is 9.33. The number of para-hydroxylation sites is 1. The van der Waals surface area contributed by atoms with Crippen molar-refractivity contribution in [1.29, 1.82) is 0 Å². The number of pyridine rings is 1. The van der Waals surface area contributed by atoms with Crippen molar-refractivity contribution in [2.24, 2.45) is 0 Å². The molecule has 0 bridgehead atoms. The number of hydrogen-bond donors (Lipinski definition) is 2. The van der Waals surface area contributed by atoms with Crippen LogP contribution in [0.3, 0.4) is 0 Å². The highest BCUT2D eigenvalue weighted by Gasteiger charge is 2.23. The van der Waals surface area contributed by atoms with Crippen molar-refractivity contribution in [3.63, 3.8) is 0 Å². The van der Waals surface area contributed by atoms with Gasteiger partial charge < -0.3 is 15.2 Å². The summed E-state index contributed by atoms with van der Waals surface area (Å²) in [5, 5.41) is 5.31. The minimum atomic E-state index is -0.457. The normalized spacial score (nSPS) is 14.6. The molecule has 2 amide bonds. The van der Waals surface area contributed by atoms with Crippen LogP contribution in [0.5, 0.6) is 0 Å². The predicted molar refractivity (Wildman–Crippen MR) is 102 cm³/mol. The smallest absolute Gasteiger partial charge is 0.319 e. The van der Waals surface area contributed by atoms with Gasteiger partial charge in [0, 0.05) is 25.2 Å². The molecule has 1 aliphatic rings. The number of aromatic nitrogens is 3. The molecular weight excluding hydrogens is 345 g/mol. The molecular formula is C20H22FN5O. The summed E-state index contributed by atoms with van der Waals surface area (Å²) in [7, 11) is 0. The van der Waals surface area contributed by atoms with E-state index in [9.17, 15) is 9.18 Å². The van der Waals surface area contributed by atoms with Gasteiger partial charge in [0.1, 0.15) is 17.2 Å². The fraction of sp³-hybridized carbons (Fsp3) is 0.350. The maximum absolute atomic E-state index is 13.6. The van der Waals surface area contributed by atoms with E-state index in [0.29, 0.717) is 19.0 Å². The van der Waals surface area contributed by atoms with Crippen molar-refractivity contribution in [2.75, 3.05) is 11.9 Å². The van der Waals surface area contributed by atoms with Crippen molar-refractivity contribution in [1.82, 2.24) is 19.9 Å². The molecule has 4 rings (SSSR count). The molecule has 0 aliphatic heterocycles. The van der Waals surface area contributed by atoms with Gasteiger partial charge in [-0.3, -0.25) is 0 Å². The van der Waals surface area contributed by atoms with Crippen LogP contribution in [0.4, 0.5) is 14.9 Å². The minimum Gasteiger partial charge on any atom is -0.337 e. The largest absolute Gasteiger partial charge is 0.337 e. The van der Waals surface area contributed by atoms with Crippen LogP contribution in [0.25, 0.3) is 11.2 Å². The summed E-state index contributed by atoms with van der Waals surface area (Å²) in [6.07, 6.45) is 7.10. The van der Waals surface area contributed by atoms with Gasteiger partial charge in [-0.25, -0.2) is 19.2 Å². The number of carbonyl (C=O) groups is 1. The molecule has 2 heterocycles. The highest BCUT2D eigenvalue weighted by Crippen LogP contribution is 2.33. The maximum Gasteiger partial charge on any atom is 0.319 e. The lowest BCUT2D eigenvalue weighted by molar-refractivity contribution is 0.252. The molecule has 1 aromatic carbocycles. The van der Waals surface area contributed by atoms with E-state index in [1.54, 1.807) is 18.3 Å². The van der Waals surface area contributed by atoms with Crippen LogP contribution >= 0.6 is 0 Å². The Morgan fingerprint density at radius 3 is 2.81 bits per heavy atom. The predicted octanol–water partition coefficient (Wildman–Crippen LogP) is 4.05. The van der Waals surface area contributed by atoms with Gasteiger partial charge in [0.05, 0.1) is 5.69 Å². The highest BCUT2D eigenvalue weighted by molar-refractivity contribution is 5.89. The number of nitrogens with one attached hydrogen (secondary N) is 2. The number of imidazole rings is 1. The van der Waals surface area contributed by atoms with Crippen molar-refractivity contribution in [2.45, 2.75) is 38.1 Å². The lowest BCUT2D eigenvalue weighted by atomic mass is 10.2. The van der Waals surface area contributed by atoms with E-state index < -0.39 is 11.8 Å². The summed E-state index contributed by atoms with van der Waals surface area (Å²) < 4.78 is 15.9. The molecule has 0 atom stereocenters. The Bertz CT molecular complexity index is 948. The van der Waals surface area contributed by atoms with Crippen molar-refractivity contribution < 1.29 is 9.18 Å². The molecule has 0 spiro atoms. The van der Waals surface area contributed by atoms with Crippen LogP contribution in [0.1, 0.15) is 37.5 Å². The summed E-state index contributed by atoms with van der Waals surface area (Å²) in [5.74, 6) is 0.476. The van der Waals surface area contributed by atoms with Crippen LogP contribution < -0.4 is 10.6 Å². The Labute approximate surface area is 156 Å². The molecule has 2 aromatic heterocycles. The van der Waals surface area contributed by atoms with Crippen LogP contribution in [0.2, 0.25) is 0 Å². The van der Waals surface area contributed by atoms with Crippen LogP contribution in [-0.4, -0.2) is 27.1 Å². The van der Waals surface area contributed by atoms with Gasteiger partial charge in [0.15, 0.2) is 5.65 Å². The molecule has 0 unspecified atom stereocenters. The molecule has 2 N–H and O–H groups in total. The summed E-state index contributed by atoms with van der Waals surface area (Å²) >= 11 is 0. The topological polar surface area (TPSA) is 71.8 Å². The summed E-state index contributed by atoms with van der Waals surface area (Å²) in [6, 6.07) is 9.95. The second-order valence-corrected chi connectivity index (χ2v) is 6.79. The summed E-state index contributed by atoms with van der Waals surface area (Å²) in [6.45, 7) is 0.413. The zero-order valence-electron chi connectivity index (χ0n) is 15.0. The average molecular weight is 367 g/mol. The molecule has 1 saturated carbocycles. The van der Waals surface area contributed by atoms with Gasteiger partial charge in [-0.15, -0.1) is 0 Å². The first-order chi connectivity index (χ1) is 13.2. The Kier molecular flexibility index (Phi) is 5.00. The fourth-order valence-corrected chi connectivity index (χ4v) is 3.72. The van der Waals surface area contributed by atoms with Gasteiger partial charge in [-0.2, -0.15) is 0 Å². The fourth-order valence-electron chi connectivity index (χ4n) is 3.72. The number of nitrogens with zero attached hydrogens (tertiary/aromatic N) is 3. The summed E-state index contributed by atoms with van der Waals surface area (Å²) in [4.78, 5) is 21.3. The van der Waals surface area contributed by atoms with Crippen LogP contribution in [0.15, 0.2) is 42.6 Å². The maximum atomic E-state index is 13.6. The zero-order valence-corrected chi connectivity index (χ0v) is 15.0. The number of urea groups is 1. The number of carbonyl (C=O) groups excluding carboxylic acids is 1. The molecule has 7 heteroatoms. The molecule has 3 aromatic rings. The van der Waals surface area contributed by atoms with Crippen LogP contribution in [0, 0.1) is 5.82 Å². The molecule has 1 aliphatic carbocycles. The Hall–Kier alpha value is -2.96. The number of benzene rings is 1. The first kappa shape index (κ1) is 17.5. The second-order valence-electron chi connectivity index (χ2n) is 6.79. The van der Waals surface area contributed by atoms with E-state index in [1.807, 2.05) is 12.1 Å². The lowest BCUT2D eigenvalue weighted by Crippen LogP contribution is -2.31. The number of rotatable bonds is 5. The molecule has 6 nitrogen and oxygen atoms in total. The minimum absolute atomic E-state index is 0.164. The SMILES string of the molecule is O=C(NCCc1nc2cccnc2n1C1CCCC1)Nc1ccccc1F. The molecule has 1 fully saturated rings. The Morgan fingerprint density at radius 2 is 2.00 bits per heavy atom. The quantitative estimate of drug-likeness (QED) is 0.715. The van der Waals surface area contributed by atoms with Gasteiger partial charge in [0.2, 0.25) is 0 Å². The Morgan fingerprint density at radius 1 is 1.19 bits per heavy atom. The standard InChI is InChI=1S/C20H22FN5O/c21-15-8-3-4-9-16(15)25-20(27)23-13-11-18-24-17-10-5-12-22-19(17)26(18)14-6-1-2-7-14/h3-5,8-10,12,14H,1-2,6-7,11,13H2,(H2,23,25,27). The lowest BCUT2D eigenvalue weighted by Gasteiger charge is -2.16. The van der Waals surface area contributed by atoms with E-state index in [0.717, 1.165) is 29.8 Å². The monoisotopic (exact) mass is 367 g/mol. The molecule has 140 valence electrons. The van der Waals surface area contributed by atoms with E-state index in [1.165, 1.54) is 25.0 Å². The number of hydrogen-bond acceptors (Lipinski definition) is 3. The van der Waals surface area contributed by atoms with Crippen molar-refractivity contribution in [3.05, 3.63) is 54.2 Å². The second kappa shape index (κ2) is 7.73. The van der Waals surface area contributed by atoms with Gasteiger partial charge in [-0.05, 0) is 37.1 Å². The third kappa shape index (κ3) is 3.77. The van der Waals surface area contributed by atoms with E-state index in [4.69, 9.17) is 4.98 Å².